The highest BCUT2D eigenvalue weighted by Gasteiger charge is 2.11. The smallest absolute Gasteiger partial charge is 0.217 e. The Hall–Kier alpha value is -1.33. The fourth-order valence-electron chi connectivity index (χ4n) is 2.14. The number of aromatic nitrogens is 2. The monoisotopic (exact) mass is 351 g/mol. The van der Waals surface area contributed by atoms with E-state index in [1.165, 1.54) is 5.56 Å². The molecule has 0 saturated carbocycles. The maximum absolute atomic E-state index is 5.91. The fourth-order valence-corrected chi connectivity index (χ4v) is 2.62. The van der Waals surface area contributed by atoms with Crippen LogP contribution in [0.4, 0.5) is 0 Å². The molecule has 0 bridgehead atoms. The van der Waals surface area contributed by atoms with Gasteiger partial charge in [0.1, 0.15) is 5.75 Å². The number of hydrogen-bond donors (Lipinski definition) is 1. The van der Waals surface area contributed by atoms with E-state index >= 15 is 0 Å². The van der Waals surface area contributed by atoms with Gasteiger partial charge in [-0.1, -0.05) is 13.0 Å². The second kappa shape index (κ2) is 7.09. The summed E-state index contributed by atoms with van der Waals surface area (Å²) >= 11 is 3.59. The van der Waals surface area contributed by atoms with Crippen molar-refractivity contribution in [3.63, 3.8) is 0 Å². The SMILES string of the molecule is CCCNC(C)c1ccc(Oc2cc(C)nn2C)c(Br)c1. The standard InChI is InChI=1S/C16H22BrN3O/c1-5-8-18-12(3)13-6-7-15(14(17)10-13)21-16-9-11(2)19-20(16)4/h6-7,9-10,12,18H,5,8H2,1-4H3. The Kier molecular flexibility index (Phi) is 5.42. The normalized spacial score (nSPS) is 12.4. The van der Waals surface area contributed by atoms with Crippen LogP contribution in [-0.2, 0) is 7.05 Å². The van der Waals surface area contributed by atoms with E-state index in [1.54, 1.807) is 4.68 Å². The van der Waals surface area contributed by atoms with Gasteiger partial charge in [0.05, 0.1) is 10.2 Å². The topological polar surface area (TPSA) is 39.1 Å². The van der Waals surface area contributed by atoms with Gasteiger partial charge in [-0.05, 0) is 60.4 Å². The van der Waals surface area contributed by atoms with E-state index in [0.29, 0.717) is 6.04 Å². The van der Waals surface area contributed by atoms with Gasteiger partial charge < -0.3 is 10.1 Å². The summed E-state index contributed by atoms with van der Waals surface area (Å²) in [4.78, 5) is 0. The third-order valence-electron chi connectivity index (χ3n) is 3.33. The molecule has 21 heavy (non-hydrogen) atoms. The first-order valence-corrected chi connectivity index (χ1v) is 8.02. The first-order chi connectivity index (χ1) is 10.0. The predicted octanol–water partition coefficient (Wildman–Crippen LogP) is 4.34. The Morgan fingerprint density at radius 3 is 2.71 bits per heavy atom. The quantitative estimate of drug-likeness (QED) is 0.840. The van der Waals surface area contributed by atoms with Crippen LogP contribution in [-0.4, -0.2) is 16.3 Å². The zero-order valence-corrected chi connectivity index (χ0v) is 14.6. The third kappa shape index (κ3) is 4.08. The summed E-state index contributed by atoms with van der Waals surface area (Å²) in [5.41, 5.74) is 2.18. The zero-order valence-electron chi connectivity index (χ0n) is 13.0. The van der Waals surface area contributed by atoms with Crippen LogP contribution in [0.2, 0.25) is 0 Å². The summed E-state index contributed by atoms with van der Waals surface area (Å²) in [6, 6.07) is 8.44. The minimum absolute atomic E-state index is 0.328. The number of hydrogen-bond acceptors (Lipinski definition) is 3. The molecule has 2 rings (SSSR count). The maximum atomic E-state index is 5.91. The van der Waals surface area contributed by atoms with E-state index < -0.39 is 0 Å². The van der Waals surface area contributed by atoms with Crippen LogP contribution in [0.1, 0.15) is 37.6 Å². The summed E-state index contributed by atoms with van der Waals surface area (Å²) in [7, 11) is 1.88. The van der Waals surface area contributed by atoms with Crippen molar-refractivity contribution >= 4 is 15.9 Å². The molecule has 5 heteroatoms. The van der Waals surface area contributed by atoms with Crippen molar-refractivity contribution in [3.8, 4) is 11.6 Å². The van der Waals surface area contributed by atoms with Gasteiger partial charge in [-0.2, -0.15) is 5.10 Å². The molecule has 1 N–H and O–H groups in total. The Bertz CT molecular complexity index is 610. The van der Waals surface area contributed by atoms with E-state index in [1.807, 2.05) is 26.1 Å². The average molecular weight is 352 g/mol. The van der Waals surface area contributed by atoms with Crippen LogP contribution < -0.4 is 10.1 Å². The molecule has 0 aliphatic rings. The number of rotatable bonds is 6. The van der Waals surface area contributed by atoms with Crippen LogP contribution in [0, 0.1) is 6.92 Å². The van der Waals surface area contributed by atoms with Crippen molar-refractivity contribution in [1.82, 2.24) is 15.1 Å². The lowest BCUT2D eigenvalue weighted by Gasteiger charge is -2.15. The highest BCUT2D eigenvalue weighted by atomic mass is 79.9. The van der Waals surface area contributed by atoms with Crippen LogP contribution in [0.25, 0.3) is 0 Å². The summed E-state index contributed by atoms with van der Waals surface area (Å²) < 4.78 is 8.60. The summed E-state index contributed by atoms with van der Waals surface area (Å²) in [6.45, 7) is 7.31. The Morgan fingerprint density at radius 1 is 1.38 bits per heavy atom. The van der Waals surface area contributed by atoms with Crippen molar-refractivity contribution in [2.24, 2.45) is 7.05 Å². The maximum Gasteiger partial charge on any atom is 0.217 e. The fraction of sp³-hybridized carbons (Fsp3) is 0.438. The molecule has 0 aliphatic carbocycles. The van der Waals surface area contributed by atoms with Gasteiger partial charge in [0, 0.05) is 19.2 Å². The highest BCUT2D eigenvalue weighted by Crippen LogP contribution is 2.32. The molecule has 1 heterocycles. The lowest BCUT2D eigenvalue weighted by Crippen LogP contribution is -2.19. The molecule has 114 valence electrons. The molecule has 0 saturated heterocycles. The van der Waals surface area contributed by atoms with Crippen molar-refractivity contribution in [2.45, 2.75) is 33.2 Å². The van der Waals surface area contributed by atoms with Gasteiger partial charge in [0.2, 0.25) is 5.88 Å². The van der Waals surface area contributed by atoms with Crippen LogP contribution >= 0.6 is 15.9 Å². The molecule has 0 spiro atoms. The van der Waals surface area contributed by atoms with E-state index in [9.17, 15) is 0 Å². The summed E-state index contributed by atoms with van der Waals surface area (Å²) in [6.07, 6.45) is 1.13. The number of ether oxygens (including phenoxy) is 1. The molecule has 0 fully saturated rings. The van der Waals surface area contributed by atoms with Crippen LogP contribution in [0.3, 0.4) is 0 Å². The third-order valence-corrected chi connectivity index (χ3v) is 3.95. The molecule has 1 aromatic heterocycles. The van der Waals surface area contributed by atoms with Gasteiger partial charge in [-0.25, -0.2) is 4.68 Å². The van der Waals surface area contributed by atoms with E-state index in [2.05, 4.69) is 52.3 Å². The summed E-state index contributed by atoms with van der Waals surface area (Å²) in [5, 5.41) is 7.76. The number of aryl methyl sites for hydroxylation is 2. The first-order valence-electron chi connectivity index (χ1n) is 7.22. The number of nitrogens with zero attached hydrogens (tertiary/aromatic N) is 2. The van der Waals surface area contributed by atoms with Gasteiger partial charge >= 0.3 is 0 Å². The molecule has 1 atom stereocenters. The van der Waals surface area contributed by atoms with E-state index in [-0.39, 0.29) is 0 Å². The van der Waals surface area contributed by atoms with Crippen molar-refractivity contribution < 1.29 is 4.74 Å². The molecule has 1 unspecified atom stereocenters. The highest BCUT2D eigenvalue weighted by molar-refractivity contribution is 9.10. The van der Waals surface area contributed by atoms with E-state index in [4.69, 9.17) is 4.74 Å². The summed E-state index contributed by atoms with van der Waals surface area (Å²) in [5.74, 6) is 1.53. The van der Waals surface area contributed by atoms with E-state index in [0.717, 1.165) is 34.8 Å². The molecule has 0 radical (unpaired) electrons. The largest absolute Gasteiger partial charge is 0.438 e. The van der Waals surface area contributed by atoms with Crippen LogP contribution in [0.15, 0.2) is 28.7 Å². The minimum Gasteiger partial charge on any atom is -0.438 e. The molecule has 0 amide bonds. The molecule has 4 nitrogen and oxygen atoms in total. The average Bonchev–Trinajstić information content (AvgIpc) is 2.76. The Morgan fingerprint density at radius 2 is 2.14 bits per heavy atom. The van der Waals surface area contributed by atoms with Crippen molar-refractivity contribution in [1.29, 1.82) is 0 Å². The van der Waals surface area contributed by atoms with Crippen molar-refractivity contribution in [3.05, 3.63) is 40.0 Å². The van der Waals surface area contributed by atoms with Gasteiger partial charge in [-0.15, -0.1) is 0 Å². The Labute approximate surface area is 134 Å². The molecule has 2 aromatic rings. The lowest BCUT2D eigenvalue weighted by atomic mass is 10.1. The van der Waals surface area contributed by atoms with Gasteiger partial charge in [-0.3, -0.25) is 0 Å². The van der Waals surface area contributed by atoms with Gasteiger partial charge in [0.15, 0.2) is 0 Å². The zero-order chi connectivity index (χ0) is 15.4. The van der Waals surface area contributed by atoms with Crippen molar-refractivity contribution in [2.75, 3.05) is 6.54 Å². The predicted molar refractivity (Wildman–Crippen MR) is 88.9 cm³/mol. The number of nitrogens with one attached hydrogen (secondary N) is 1. The number of halogens is 1. The molecular weight excluding hydrogens is 330 g/mol. The minimum atomic E-state index is 0.328. The second-order valence-electron chi connectivity index (χ2n) is 5.22. The molecule has 0 aliphatic heterocycles. The Balaban J connectivity index is 2.14. The molecule has 1 aromatic carbocycles. The number of benzene rings is 1. The second-order valence-corrected chi connectivity index (χ2v) is 6.07. The van der Waals surface area contributed by atoms with Crippen LogP contribution in [0.5, 0.6) is 11.6 Å². The first kappa shape index (κ1) is 16.0. The molecular formula is C16H22BrN3O. The van der Waals surface area contributed by atoms with Gasteiger partial charge in [0.25, 0.3) is 0 Å². The lowest BCUT2D eigenvalue weighted by molar-refractivity contribution is 0.428.